The van der Waals surface area contributed by atoms with Crippen LogP contribution in [0, 0.1) is 13.8 Å². The van der Waals surface area contributed by atoms with E-state index in [2.05, 4.69) is 10.4 Å². The monoisotopic (exact) mass is 325 g/mol. The number of hydrogen-bond acceptors (Lipinski definition) is 2. The molecule has 3 nitrogen and oxygen atoms in total. The lowest BCUT2D eigenvalue weighted by Crippen LogP contribution is -2.32. The number of nitrogens with one attached hydrogen (secondary N) is 1. The first kappa shape index (κ1) is 17.5. The highest BCUT2D eigenvalue weighted by Crippen LogP contribution is 2.29. The van der Waals surface area contributed by atoms with E-state index in [0.29, 0.717) is 18.5 Å². The number of alkyl halides is 3. The number of benzene rings is 1. The third-order valence-corrected chi connectivity index (χ3v) is 3.71. The van der Waals surface area contributed by atoms with Crippen molar-refractivity contribution >= 4 is 0 Å². The Hall–Kier alpha value is -1.82. The molecule has 1 N–H and O–H groups in total. The summed E-state index contributed by atoms with van der Waals surface area (Å²) in [5, 5.41) is 7.74. The third-order valence-electron chi connectivity index (χ3n) is 3.71. The third kappa shape index (κ3) is 5.10. The van der Waals surface area contributed by atoms with Crippen molar-refractivity contribution in [3.63, 3.8) is 0 Å². The van der Waals surface area contributed by atoms with Crippen LogP contribution in [0.1, 0.15) is 29.4 Å². The minimum atomic E-state index is -4.29. The van der Waals surface area contributed by atoms with Crippen LogP contribution in [0.5, 0.6) is 0 Å². The van der Waals surface area contributed by atoms with Crippen molar-refractivity contribution in [1.29, 1.82) is 0 Å². The molecule has 0 spiro atoms. The minimum absolute atomic E-state index is 0.193. The highest BCUT2D eigenvalue weighted by atomic mass is 19.4. The lowest BCUT2D eigenvalue weighted by atomic mass is 10.1. The van der Waals surface area contributed by atoms with Crippen molar-refractivity contribution in [3.05, 3.63) is 52.8 Å². The van der Waals surface area contributed by atoms with Crippen molar-refractivity contribution in [1.82, 2.24) is 15.1 Å². The Morgan fingerprint density at radius 2 is 1.96 bits per heavy atom. The molecule has 1 aromatic carbocycles. The molecule has 2 aromatic rings. The summed E-state index contributed by atoms with van der Waals surface area (Å²) in [6.45, 7) is 7.37. The van der Waals surface area contributed by atoms with Gasteiger partial charge >= 0.3 is 6.18 Å². The Kier molecular flexibility index (Phi) is 5.46. The topological polar surface area (TPSA) is 29.9 Å². The van der Waals surface area contributed by atoms with Crippen LogP contribution in [-0.2, 0) is 19.1 Å². The molecule has 0 amide bonds. The first-order valence-corrected chi connectivity index (χ1v) is 7.66. The van der Waals surface area contributed by atoms with Crippen molar-refractivity contribution in [3.8, 4) is 0 Å². The van der Waals surface area contributed by atoms with Gasteiger partial charge in [0.15, 0.2) is 0 Å². The first-order valence-electron chi connectivity index (χ1n) is 7.66. The van der Waals surface area contributed by atoms with Gasteiger partial charge in [-0.2, -0.15) is 18.3 Å². The summed E-state index contributed by atoms with van der Waals surface area (Å²) in [4.78, 5) is 0. The molecular formula is C17H22F3N3. The Labute approximate surface area is 134 Å². The van der Waals surface area contributed by atoms with Gasteiger partial charge in [0.2, 0.25) is 0 Å². The van der Waals surface area contributed by atoms with Crippen molar-refractivity contribution in [2.45, 2.75) is 46.0 Å². The van der Waals surface area contributed by atoms with Gasteiger partial charge < -0.3 is 5.32 Å². The Bertz CT molecular complexity index is 647. The molecule has 0 radical (unpaired) electrons. The second kappa shape index (κ2) is 7.17. The van der Waals surface area contributed by atoms with Crippen LogP contribution < -0.4 is 5.32 Å². The number of hydrogen-bond donors (Lipinski definition) is 1. The van der Waals surface area contributed by atoms with Gasteiger partial charge in [0.25, 0.3) is 0 Å². The van der Waals surface area contributed by atoms with E-state index in [-0.39, 0.29) is 6.04 Å². The van der Waals surface area contributed by atoms with Gasteiger partial charge in [-0.1, -0.05) is 18.2 Å². The number of halogens is 3. The SMILES string of the molecule is Cc1cc(C)n(CC(C)NCCc2cccc(C(F)(F)F)c2)n1. The summed E-state index contributed by atoms with van der Waals surface area (Å²) in [7, 11) is 0. The van der Waals surface area contributed by atoms with E-state index >= 15 is 0 Å². The summed E-state index contributed by atoms with van der Waals surface area (Å²) in [6.07, 6.45) is -3.72. The van der Waals surface area contributed by atoms with E-state index in [1.165, 1.54) is 12.1 Å². The number of aromatic nitrogens is 2. The van der Waals surface area contributed by atoms with Gasteiger partial charge in [-0.05, 0) is 51.4 Å². The van der Waals surface area contributed by atoms with Crippen molar-refractivity contribution in [2.24, 2.45) is 0 Å². The molecule has 1 aromatic heterocycles. The van der Waals surface area contributed by atoms with E-state index in [9.17, 15) is 13.2 Å². The van der Waals surface area contributed by atoms with Gasteiger partial charge in [0.1, 0.15) is 0 Å². The average molecular weight is 325 g/mol. The fourth-order valence-electron chi connectivity index (χ4n) is 2.55. The molecule has 0 saturated carbocycles. The maximum atomic E-state index is 12.7. The molecular weight excluding hydrogens is 303 g/mol. The van der Waals surface area contributed by atoms with Crippen LogP contribution in [0.2, 0.25) is 0 Å². The summed E-state index contributed by atoms with van der Waals surface area (Å²) in [5.74, 6) is 0. The van der Waals surface area contributed by atoms with E-state index in [1.54, 1.807) is 6.07 Å². The Balaban J connectivity index is 1.84. The normalized spacial score (nSPS) is 13.3. The van der Waals surface area contributed by atoms with Gasteiger partial charge in [0, 0.05) is 11.7 Å². The quantitative estimate of drug-likeness (QED) is 0.877. The molecule has 0 aliphatic carbocycles. The van der Waals surface area contributed by atoms with Gasteiger partial charge in [-0.15, -0.1) is 0 Å². The zero-order valence-corrected chi connectivity index (χ0v) is 13.6. The summed E-state index contributed by atoms with van der Waals surface area (Å²) in [6, 6.07) is 7.71. The minimum Gasteiger partial charge on any atom is -0.312 e. The lowest BCUT2D eigenvalue weighted by molar-refractivity contribution is -0.137. The average Bonchev–Trinajstić information content (AvgIpc) is 2.76. The van der Waals surface area contributed by atoms with E-state index < -0.39 is 11.7 Å². The standard InChI is InChI=1S/C17H22F3N3/c1-12-9-14(3)23(22-12)11-13(2)21-8-7-15-5-4-6-16(10-15)17(18,19)20/h4-6,9-10,13,21H,7-8,11H2,1-3H3. The molecule has 0 aliphatic rings. The highest BCUT2D eigenvalue weighted by Gasteiger charge is 2.30. The molecule has 23 heavy (non-hydrogen) atoms. The predicted octanol–water partition coefficient (Wildman–Crippen LogP) is 3.74. The molecule has 1 heterocycles. The van der Waals surface area contributed by atoms with Gasteiger partial charge in [-0.25, -0.2) is 0 Å². The maximum absolute atomic E-state index is 12.7. The highest BCUT2D eigenvalue weighted by molar-refractivity contribution is 5.25. The molecule has 0 saturated heterocycles. The molecule has 126 valence electrons. The summed E-state index contributed by atoms with van der Waals surface area (Å²) >= 11 is 0. The molecule has 0 fully saturated rings. The summed E-state index contributed by atoms with van der Waals surface area (Å²) in [5.41, 5.74) is 2.18. The smallest absolute Gasteiger partial charge is 0.312 e. The lowest BCUT2D eigenvalue weighted by Gasteiger charge is -2.15. The van der Waals surface area contributed by atoms with Gasteiger partial charge in [0.05, 0.1) is 17.8 Å². The van der Waals surface area contributed by atoms with Crippen LogP contribution in [0.25, 0.3) is 0 Å². The first-order chi connectivity index (χ1) is 10.8. The Morgan fingerprint density at radius 3 is 2.57 bits per heavy atom. The largest absolute Gasteiger partial charge is 0.416 e. The molecule has 0 aliphatic heterocycles. The molecule has 1 unspecified atom stereocenters. The fourth-order valence-corrected chi connectivity index (χ4v) is 2.55. The van der Waals surface area contributed by atoms with E-state index in [0.717, 1.165) is 24.0 Å². The van der Waals surface area contributed by atoms with E-state index in [1.807, 2.05) is 31.5 Å². The second-order valence-electron chi connectivity index (χ2n) is 5.91. The van der Waals surface area contributed by atoms with Crippen molar-refractivity contribution < 1.29 is 13.2 Å². The molecule has 0 bridgehead atoms. The van der Waals surface area contributed by atoms with Crippen LogP contribution in [0.3, 0.4) is 0 Å². The fraction of sp³-hybridized carbons (Fsp3) is 0.471. The number of aryl methyl sites for hydroxylation is 2. The Morgan fingerprint density at radius 1 is 1.22 bits per heavy atom. The van der Waals surface area contributed by atoms with Crippen molar-refractivity contribution in [2.75, 3.05) is 6.54 Å². The molecule has 1 atom stereocenters. The summed E-state index contributed by atoms with van der Waals surface area (Å²) < 4.78 is 40.0. The maximum Gasteiger partial charge on any atom is 0.416 e. The van der Waals surface area contributed by atoms with Gasteiger partial charge in [-0.3, -0.25) is 4.68 Å². The van der Waals surface area contributed by atoms with Crippen LogP contribution in [0.15, 0.2) is 30.3 Å². The van der Waals surface area contributed by atoms with E-state index in [4.69, 9.17) is 0 Å². The number of rotatable bonds is 6. The zero-order valence-electron chi connectivity index (χ0n) is 13.6. The second-order valence-corrected chi connectivity index (χ2v) is 5.91. The predicted molar refractivity (Wildman–Crippen MR) is 84.3 cm³/mol. The molecule has 6 heteroatoms. The number of nitrogens with zero attached hydrogens (tertiary/aromatic N) is 2. The van der Waals surface area contributed by atoms with Crippen LogP contribution in [-0.4, -0.2) is 22.4 Å². The molecule has 2 rings (SSSR count). The van der Waals surface area contributed by atoms with Crippen LogP contribution in [0.4, 0.5) is 13.2 Å². The van der Waals surface area contributed by atoms with Crippen LogP contribution >= 0.6 is 0 Å². The zero-order chi connectivity index (χ0) is 17.0.